The second kappa shape index (κ2) is 6.49. The van der Waals surface area contributed by atoms with Crippen molar-refractivity contribution in [2.24, 2.45) is 0 Å². The van der Waals surface area contributed by atoms with Crippen LogP contribution in [-0.4, -0.2) is 49.5 Å². The highest BCUT2D eigenvalue weighted by atomic mass is 19.4. The number of alkyl halides is 3. The lowest BCUT2D eigenvalue weighted by Crippen LogP contribution is -2.46. The van der Waals surface area contributed by atoms with E-state index in [0.717, 1.165) is 6.42 Å². The van der Waals surface area contributed by atoms with Gasteiger partial charge in [0.25, 0.3) is 5.91 Å². The standard InChI is InChI=1S/C15H18F3N5O2/c1-9-11(13-21-20-10(2)25-13)4-3-7-22(9)14(24)12-5-6-19-23(12)8-15(16,17)18/h5-6,9,11H,3-4,7-8H2,1-2H3/t9-,11-/m0/s1. The van der Waals surface area contributed by atoms with Crippen molar-refractivity contribution in [3.05, 3.63) is 29.7 Å². The number of hydrogen-bond donors (Lipinski definition) is 0. The second-order valence-electron chi connectivity index (χ2n) is 6.14. The van der Waals surface area contributed by atoms with E-state index in [2.05, 4.69) is 15.3 Å². The van der Waals surface area contributed by atoms with Crippen LogP contribution in [0.3, 0.4) is 0 Å². The minimum absolute atomic E-state index is 0.0773. The van der Waals surface area contributed by atoms with Gasteiger partial charge in [0.05, 0.1) is 5.92 Å². The summed E-state index contributed by atoms with van der Waals surface area (Å²) in [5, 5.41) is 11.5. The fourth-order valence-corrected chi connectivity index (χ4v) is 3.18. The van der Waals surface area contributed by atoms with E-state index < -0.39 is 18.6 Å². The highest BCUT2D eigenvalue weighted by molar-refractivity contribution is 5.92. The van der Waals surface area contributed by atoms with Crippen molar-refractivity contribution in [1.82, 2.24) is 24.9 Å². The Kier molecular flexibility index (Phi) is 4.53. The summed E-state index contributed by atoms with van der Waals surface area (Å²) in [4.78, 5) is 14.3. The summed E-state index contributed by atoms with van der Waals surface area (Å²) < 4.78 is 44.1. The summed E-state index contributed by atoms with van der Waals surface area (Å²) in [6.45, 7) is 2.69. The van der Waals surface area contributed by atoms with Gasteiger partial charge in [0, 0.05) is 25.7 Å². The smallest absolute Gasteiger partial charge is 0.408 e. The van der Waals surface area contributed by atoms with E-state index in [0.29, 0.717) is 29.4 Å². The zero-order valence-electron chi connectivity index (χ0n) is 13.8. The molecule has 25 heavy (non-hydrogen) atoms. The lowest BCUT2D eigenvalue weighted by molar-refractivity contribution is -0.142. The Morgan fingerprint density at radius 3 is 2.80 bits per heavy atom. The molecule has 0 radical (unpaired) electrons. The van der Waals surface area contributed by atoms with Crippen molar-refractivity contribution in [2.45, 2.75) is 51.4 Å². The number of carbonyl (C=O) groups excluding carboxylic acids is 1. The molecule has 0 N–H and O–H groups in total. The zero-order valence-corrected chi connectivity index (χ0v) is 13.8. The summed E-state index contributed by atoms with van der Waals surface area (Å²) in [7, 11) is 0. The molecule has 0 aliphatic carbocycles. The van der Waals surface area contributed by atoms with E-state index in [-0.39, 0.29) is 17.7 Å². The maximum Gasteiger partial charge on any atom is 0.408 e. The average molecular weight is 357 g/mol. The number of aryl methyl sites for hydroxylation is 1. The van der Waals surface area contributed by atoms with Gasteiger partial charge in [0.2, 0.25) is 11.8 Å². The van der Waals surface area contributed by atoms with Crippen LogP contribution in [0.15, 0.2) is 16.7 Å². The Morgan fingerprint density at radius 1 is 1.40 bits per heavy atom. The zero-order chi connectivity index (χ0) is 18.2. The fourth-order valence-electron chi connectivity index (χ4n) is 3.18. The van der Waals surface area contributed by atoms with Crippen LogP contribution in [-0.2, 0) is 6.54 Å². The molecule has 7 nitrogen and oxygen atoms in total. The first-order chi connectivity index (χ1) is 11.8. The number of hydrogen-bond acceptors (Lipinski definition) is 5. The van der Waals surface area contributed by atoms with Crippen molar-refractivity contribution >= 4 is 5.91 Å². The summed E-state index contributed by atoms with van der Waals surface area (Å²) in [6.07, 6.45) is -1.77. The van der Waals surface area contributed by atoms with E-state index in [9.17, 15) is 18.0 Å². The molecule has 0 saturated carbocycles. The Labute approximate surface area is 141 Å². The number of rotatable bonds is 3. The van der Waals surface area contributed by atoms with Crippen LogP contribution < -0.4 is 0 Å². The average Bonchev–Trinajstić information content (AvgIpc) is 3.14. The SMILES string of the molecule is Cc1nnc([C@H]2CCCN(C(=O)c3ccnn3CC(F)(F)F)[C@H]2C)o1. The third-order valence-corrected chi connectivity index (χ3v) is 4.37. The van der Waals surface area contributed by atoms with Crippen LogP contribution in [0.1, 0.15) is 48.0 Å². The lowest BCUT2D eigenvalue weighted by atomic mass is 9.90. The number of aromatic nitrogens is 4. The van der Waals surface area contributed by atoms with Gasteiger partial charge in [-0.3, -0.25) is 9.48 Å². The van der Waals surface area contributed by atoms with E-state index >= 15 is 0 Å². The molecule has 0 bridgehead atoms. The summed E-state index contributed by atoms with van der Waals surface area (Å²) in [6, 6.07) is 1.04. The van der Waals surface area contributed by atoms with E-state index in [4.69, 9.17) is 4.42 Å². The van der Waals surface area contributed by atoms with E-state index in [1.165, 1.54) is 12.3 Å². The first-order valence-corrected chi connectivity index (χ1v) is 7.96. The molecule has 10 heteroatoms. The minimum Gasteiger partial charge on any atom is -0.425 e. The van der Waals surface area contributed by atoms with Crippen LogP contribution in [0.25, 0.3) is 0 Å². The maximum atomic E-state index is 12.8. The molecule has 3 heterocycles. The van der Waals surface area contributed by atoms with Crippen molar-refractivity contribution in [3.8, 4) is 0 Å². The Morgan fingerprint density at radius 2 is 2.16 bits per heavy atom. The van der Waals surface area contributed by atoms with Crippen LogP contribution in [0, 0.1) is 6.92 Å². The van der Waals surface area contributed by atoms with Gasteiger partial charge in [-0.2, -0.15) is 18.3 Å². The lowest BCUT2D eigenvalue weighted by Gasteiger charge is -2.37. The molecule has 2 atom stereocenters. The molecule has 2 aromatic rings. The largest absolute Gasteiger partial charge is 0.425 e. The number of halogens is 3. The van der Waals surface area contributed by atoms with Gasteiger partial charge in [-0.1, -0.05) is 0 Å². The van der Waals surface area contributed by atoms with Gasteiger partial charge in [-0.15, -0.1) is 10.2 Å². The number of nitrogens with zero attached hydrogens (tertiary/aromatic N) is 5. The molecule has 0 aromatic carbocycles. The monoisotopic (exact) mass is 357 g/mol. The van der Waals surface area contributed by atoms with Crippen LogP contribution in [0.2, 0.25) is 0 Å². The molecule has 1 aliphatic heterocycles. The fraction of sp³-hybridized carbons (Fsp3) is 0.600. The maximum absolute atomic E-state index is 12.8. The Balaban J connectivity index is 1.81. The Bertz CT molecular complexity index is 754. The molecule has 136 valence electrons. The van der Waals surface area contributed by atoms with Crippen LogP contribution >= 0.6 is 0 Å². The predicted molar refractivity (Wildman–Crippen MR) is 79.8 cm³/mol. The quantitative estimate of drug-likeness (QED) is 0.844. The van der Waals surface area contributed by atoms with Gasteiger partial charge in [-0.05, 0) is 25.8 Å². The molecule has 0 spiro atoms. The highest BCUT2D eigenvalue weighted by Gasteiger charge is 2.37. The third kappa shape index (κ3) is 3.67. The molecule has 1 fully saturated rings. The van der Waals surface area contributed by atoms with Gasteiger partial charge < -0.3 is 9.32 Å². The second-order valence-corrected chi connectivity index (χ2v) is 6.14. The first-order valence-electron chi connectivity index (χ1n) is 7.96. The number of amides is 1. The summed E-state index contributed by atoms with van der Waals surface area (Å²) >= 11 is 0. The molecular weight excluding hydrogens is 339 g/mol. The molecule has 1 saturated heterocycles. The van der Waals surface area contributed by atoms with Crippen molar-refractivity contribution in [2.75, 3.05) is 6.54 Å². The van der Waals surface area contributed by atoms with Crippen molar-refractivity contribution in [3.63, 3.8) is 0 Å². The molecule has 2 aromatic heterocycles. The van der Waals surface area contributed by atoms with E-state index in [1.54, 1.807) is 11.8 Å². The molecule has 0 unspecified atom stereocenters. The van der Waals surface area contributed by atoms with Gasteiger partial charge in [0.1, 0.15) is 12.2 Å². The normalized spacial score (nSPS) is 21.6. The molecule has 1 aliphatic rings. The van der Waals surface area contributed by atoms with Crippen LogP contribution in [0.5, 0.6) is 0 Å². The van der Waals surface area contributed by atoms with E-state index in [1.807, 2.05) is 6.92 Å². The van der Waals surface area contributed by atoms with Crippen molar-refractivity contribution in [1.29, 1.82) is 0 Å². The molecular formula is C15H18F3N5O2. The molecule has 1 amide bonds. The van der Waals surface area contributed by atoms with Crippen LogP contribution in [0.4, 0.5) is 13.2 Å². The van der Waals surface area contributed by atoms with Crippen molar-refractivity contribution < 1.29 is 22.4 Å². The minimum atomic E-state index is -4.45. The number of piperidine rings is 1. The Hall–Kier alpha value is -2.39. The highest BCUT2D eigenvalue weighted by Crippen LogP contribution is 2.32. The van der Waals surface area contributed by atoms with Gasteiger partial charge >= 0.3 is 6.18 Å². The first kappa shape index (κ1) is 17.4. The predicted octanol–water partition coefficient (Wildman–Crippen LogP) is 2.55. The molecule has 3 rings (SSSR count). The van der Waals surface area contributed by atoms with Gasteiger partial charge in [0.15, 0.2) is 0 Å². The topological polar surface area (TPSA) is 77.1 Å². The number of likely N-dealkylation sites (tertiary alicyclic amines) is 1. The number of carbonyl (C=O) groups is 1. The summed E-state index contributed by atoms with van der Waals surface area (Å²) in [5.74, 6) is 0.272. The van der Waals surface area contributed by atoms with Gasteiger partial charge in [-0.25, -0.2) is 0 Å². The summed E-state index contributed by atoms with van der Waals surface area (Å²) in [5.41, 5.74) is -0.0773. The third-order valence-electron chi connectivity index (χ3n) is 4.37.